The van der Waals surface area contributed by atoms with E-state index in [4.69, 9.17) is 18.9 Å². The highest BCUT2D eigenvalue weighted by Crippen LogP contribution is 2.40. The lowest BCUT2D eigenvalue weighted by Gasteiger charge is -2.22. The van der Waals surface area contributed by atoms with E-state index in [2.05, 4.69) is 6.58 Å². The van der Waals surface area contributed by atoms with Crippen molar-refractivity contribution in [3.8, 4) is 17.2 Å². The van der Waals surface area contributed by atoms with E-state index in [-0.39, 0.29) is 11.5 Å². The van der Waals surface area contributed by atoms with Crippen molar-refractivity contribution in [1.29, 1.82) is 0 Å². The summed E-state index contributed by atoms with van der Waals surface area (Å²) in [7, 11) is 1.47. The molecular formula is C21H21NO6. The molecule has 3 rings (SSSR count). The fourth-order valence-electron chi connectivity index (χ4n) is 2.77. The van der Waals surface area contributed by atoms with Gasteiger partial charge in [0, 0.05) is 12.2 Å². The highest BCUT2D eigenvalue weighted by Gasteiger charge is 2.23. The molecule has 0 aliphatic carbocycles. The number of para-hydroxylation sites is 1. The maximum absolute atomic E-state index is 12.6. The molecule has 1 aliphatic heterocycles. The first-order valence-corrected chi connectivity index (χ1v) is 8.75. The van der Waals surface area contributed by atoms with Crippen molar-refractivity contribution in [2.24, 2.45) is 0 Å². The number of ether oxygens (including phenoxy) is 4. The second-order valence-electron chi connectivity index (χ2n) is 5.91. The number of hydrogen-bond donors (Lipinski definition) is 0. The van der Waals surface area contributed by atoms with E-state index in [0.717, 1.165) is 0 Å². The largest absolute Gasteiger partial charge is 0.493 e. The van der Waals surface area contributed by atoms with Crippen LogP contribution in [0, 0.1) is 0 Å². The molecular weight excluding hydrogens is 362 g/mol. The van der Waals surface area contributed by atoms with Crippen molar-refractivity contribution in [1.82, 2.24) is 0 Å². The Morgan fingerprint density at radius 1 is 1.18 bits per heavy atom. The van der Waals surface area contributed by atoms with Gasteiger partial charge in [-0.25, -0.2) is 4.79 Å². The van der Waals surface area contributed by atoms with Gasteiger partial charge in [-0.3, -0.25) is 4.79 Å². The zero-order chi connectivity index (χ0) is 19.9. The van der Waals surface area contributed by atoms with E-state index in [1.54, 1.807) is 18.2 Å². The van der Waals surface area contributed by atoms with Crippen LogP contribution in [0.4, 0.5) is 5.69 Å². The van der Waals surface area contributed by atoms with Crippen molar-refractivity contribution in [3.05, 3.63) is 60.7 Å². The monoisotopic (exact) mass is 383 g/mol. The quantitative estimate of drug-likeness (QED) is 0.541. The summed E-state index contributed by atoms with van der Waals surface area (Å²) in [5, 5.41) is 0. The van der Waals surface area contributed by atoms with Crippen molar-refractivity contribution in [2.45, 2.75) is 0 Å². The van der Waals surface area contributed by atoms with Crippen molar-refractivity contribution in [3.63, 3.8) is 0 Å². The van der Waals surface area contributed by atoms with Gasteiger partial charge in [0.2, 0.25) is 5.75 Å². The zero-order valence-corrected chi connectivity index (χ0v) is 15.6. The van der Waals surface area contributed by atoms with Crippen LogP contribution in [-0.4, -0.2) is 45.4 Å². The fourth-order valence-corrected chi connectivity index (χ4v) is 2.77. The molecule has 0 radical (unpaired) electrons. The summed E-state index contributed by atoms with van der Waals surface area (Å²) in [6, 6.07) is 12.1. The van der Waals surface area contributed by atoms with Gasteiger partial charge in [-0.2, -0.15) is 0 Å². The summed E-state index contributed by atoms with van der Waals surface area (Å²) >= 11 is 0. The first kappa shape index (κ1) is 19.3. The second-order valence-corrected chi connectivity index (χ2v) is 5.91. The highest BCUT2D eigenvalue weighted by molar-refractivity contribution is 5.97. The van der Waals surface area contributed by atoms with Crippen LogP contribution in [0.3, 0.4) is 0 Å². The Kier molecular flexibility index (Phi) is 6.16. The SMILES string of the molecule is C=CCN(C(=O)COC(=O)c1cc(OC)c2c(c1)OCCO2)c1ccccc1. The van der Waals surface area contributed by atoms with Gasteiger partial charge in [-0.05, 0) is 24.3 Å². The van der Waals surface area contributed by atoms with Crippen LogP contribution in [0.1, 0.15) is 10.4 Å². The molecule has 0 atom stereocenters. The minimum absolute atomic E-state index is 0.212. The minimum Gasteiger partial charge on any atom is -0.493 e. The topological polar surface area (TPSA) is 74.3 Å². The molecule has 0 aromatic heterocycles. The third kappa shape index (κ3) is 4.25. The Balaban J connectivity index is 1.71. The van der Waals surface area contributed by atoms with Crippen LogP contribution in [0.5, 0.6) is 17.2 Å². The van der Waals surface area contributed by atoms with E-state index in [1.165, 1.54) is 24.1 Å². The van der Waals surface area contributed by atoms with Gasteiger partial charge in [0.15, 0.2) is 18.1 Å². The van der Waals surface area contributed by atoms with E-state index in [0.29, 0.717) is 42.7 Å². The van der Waals surface area contributed by atoms with Gasteiger partial charge >= 0.3 is 5.97 Å². The number of carbonyl (C=O) groups is 2. The lowest BCUT2D eigenvalue weighted by atomic mass is 10.1. The van der Waals surface area contributed by atoms with Crippen molar-refractivity contribution in [2.75, 3.05) is 38.4 Å². The number of hydrogen-bond acceptors (Lipinski definition) is 6. The highest BCUT2D eigenvalue weighted by atomic mass is 16.6. The first-order valence-electron chi connectivity index (χ1n) is 8.75. The number of anilines is 1. The van der Waals surface area contributed by atoms with Crippen LogP contribution < -0.4 is 19.1 Å². The molecule has 0 saturated carbocycles. The van der Waals surface area contributed by atoms with E-state index in [1.807, 2.05) is 18.2 Å². The number of benzene rings is 2. The maximum Gasteiger partial charge on any atom is 0.338 e. The van der Waals surface area contributed by atoms with Crippen molar-refractivity contribution < 1.29 is 28.5 Å². The van der Waals surface area contributed by atoms with Crippen LogP contribution in [0.15, 0.2) is 55.1 Å². The van der Waals surface area contributed by atoms with E-state index < -0.39 is 12.6 Å². The van der Waals surface area contributed by atoms with E-state index in [9.17, 15) is 9.59 Å². The molecule has 7 nitrogen and oxygen atoms in total. The maximum atomic E-state index is 12.6. The minimum atomic E-state index is -0.657. The Hall–Kier alpha value is -3.48. The number of rotatable bonds is 7. The summed E-state index contributed by atoms with van der Waals surface area (Å²) in [4.78, 5) is 26.5. The zero-order valence-electron chi connectivity index (χ0n) is 15.6. The number of carbonyl (C=O) groups excluding carboxylic acids is 2. The van der Waals surface area contributed by atoms with Crippen molar-refractivity contribution >= 4 is 17.6 Å². The normalized spacial score (nSPS) is 12.0. The number of nitrogens with zero attached hydrogens (tertiary/aromatic N) is 1. The Morgan fingerprint density at radius 2 is 1.93 bits per heavy atom. The summed E-state index contributed by atoms with van der Waals surface area (Å²) in [5.74, 6) is 0.205. The number of esters is 1. The number of fused-ring (bicyclic) bond motifs is 1. The lowest BCUT2D eigenvalue weighted by Crippen LogP contribution is -2.34. The Morgan fingerprint density at radius 3 is 2.64 bits per heavy atom. The molecule has 1 amide bonds. The van der Waals surface area contributed by atoms with Crippen LogP contribution in [0.25, 0.3) is 0 Å². The molecule has 0 N–H and O–H groups in total. The first-order chi connectivity index (χ1) is 13.6. The van der Waals surface area contributed by atoms with Crippen LogP contribution in [-0.2, 0) is 9.53 Å². The summed E-state index contributed by atoms with van der Waals surface area (Å²) < 4.78 is 21.5. The summed E-state index contributed by atoms with van der Waals surface area (Å²) in [5.41, 5.74) is 0.910. The molecule has 2 aromatic rings. The molecule has 0 unspecified atom stereocenters. The fraction of sp³-hybridized carbons (Fsp3) is 0.238. The number of methoxy groups -OCH3 is 1. The predicted octanol–water partition coefficient (Wildman–Crippen LogP) is 2.84. The second kappa shape index (κ2) is 8.94. The molecule has 0 spiro atoms. The van der Waals surface area contributed by atoms with Gasteiger partial charge in [-0.15, -0.1) is 6.58 Å². The molecule has 0 bridgehead atoms. The molecule has 1 aliphatic rings. The summed E-state index contributed by atoms with van der Waals surface area (Å²) in [6.45, 7) is 4.35. The van der Waals surface area contributed by atoms with Gasteiger partial charge in [0.1, 0.15) is 13.2 Å². The Bertz CT molecular complexity index is 847. The molecule has 2 aromatic carbocycles. The van der Waals surface area contributed by atoms with Gasteiger partial charge in [-0.1, -0.05) is 24.3 Å². The van der Waals surface area contributed by atoms with E-state index >= 15 is 0 Å². The summed E-state index contributed by atoms with van der Waals surface area (Å²) in [6.07, 6.45) is 1.61. The standard InChI is InChI=1S/C21H21NO6/c1-3-9-22(16-7-5-4-6-8-16)19(23)14-28-21(24)15-12-17(25-2)20-18(13-15)26-10-11-27-20/h3-8,12-13H,1,9-11,14H2,2H3. The molecule has 0 fully saturated rings. The third-order valence-electron chi connectivity index (χ3n) is 4.07. The molecule has 146 valence electrons. The number of amides is 1. The molecule has 1 heterocycles. The molecule has 7 heteroatoms. The molecule has 28 heavy (non-hydrogen) atoms. The van der Waals surface area contributed by atoms with Crippen LogP contribution >= 0.6 is 0 Å². The smallest absolute Gasteiger partial charge is 0.338 e. The average Bonchev–Trinajstić information content (AvgIpc) is 2.75. The van der Waals surface area contributed by atoms with Crippen LogP contribution in [0.2, 0.25) is 0 Å². The third-order valence-corrected chi connectivity index (χ3v) is 4.07. The Labute approximate surface area is 163 Å². The van der Waals surface area contributed by atoms with Gasteiger partial charge < -0.3 is 23.8 Å². The lowest BCUT2D eigenvalue weighted by molar-refractivity contribution is -0.121. The predicted molar refractivity (Wildman–Crippen MR) is 103 cm³/mol. The average molecular weight is 383 g/mol. The molecule has 0 saturated heterocycles. The van der Waals surface area contributed by atoms with Gasteiger partial charge in [0.05, 0.1) is 12.7 Å². The van der Waals surface area contributed by atoms with Gasteiger partial charge in [0.25, 0.3) is 5.91 Å².